The molecule has 0 unspecified atom stereocenters. The largest absolute Gasteiger partial charge is 0.308 e. The first-order valence-corrected chi connectivity index (χ1v) is 14.5. The van der Waals surface area contributed by atoms with Gasteiger partial charge in [0.05, 0.1) is 20.8 Å². The van der Waals surface area contributed by atoms with Gasteiger partial charge in [-0.1, -0.05) is 35.6 Å². The molecule has 192 valence electrons. The number of para-hydroxylation sites is 1. The van der Waals surface area contributed by atoms with Crippen molar-refractivity contribution < 1.29 is 13.2 Å². The Hall–Kier alpha value is -3.27. The average Bonchev–Trinajstić information content (AvgIpc) is 3.49. The number of sulfonamides is 1. The van der Waals surface area contributed by atoms with Crippen molar-refractivity contribution in [2.24, 2.45) is 0 Å². The number of carbonyl (C=O) groups excluding carboxylic acids is 1. The van der Waals surface area contributed by atoms with Gasteiger partial charge >= 0.3 is 0 Å². The summed E-state index contributed by atoms with van der Waals surface area (Å²) < 4.78 is 29.3. The van der Waals surface area contributed by atoms with Crippen molar-refractivity contribution in [1.82, 2.24) is 9.88 Å². The van der Waals surface area contributed by atoms with Gasteiger partial charge in [-0.05, 0) is 87.5 Å². The molecule has 0 bridgehead atoms. The molecule has 0 aliphatic carbocycles. The molecule has 0 saturated carbocycles. The zero-order valence-corrected chi connectivity index (χ0v) is 23.1. The Labute approximate surface area is 222 Å². The molecule has 37 heavy (non-hydrogen) atoms. The number of hydrogen-bond donors (Lipinski definition) is 0. The Kier molecular flexibility index (Phi) is 6.78. The van der Waals surface area contributed by atoms with Crippen LogP contribution < -0.4 is 9.21 Å². The summed E-state index contributed by atoms with van der Waals surface area (Å²) in [5, 5.41) is 0.640. The van der Waals surface area contributed by atoms with Crippen LogP contribution in [-0.2, 0) is 16.4 Å². The number of fused-ring (bicyclic) bond motifs is 2. The summed E-state index contributed by atoms with van der Waals surface area (Å²) >= 11 is 1.50. The molecule has 7 nitrogen and oxygen atoms in total. The molecule has 9 heteroatoms. The fourth-order valence-electron chi connectivity index (χ4n) is 4.67. The maximum atomic E-state index is 13.7. The summed E-state index contributed by atoms with van der Waals surface area (Å²) in [4.78, 5) is 22.4. The first kappa shape index (κ1) is 25.4. The third-order valence-electron chi connectivity index (χ3n) is 6.60. The maximum Gasteiger partial charge on any atom is 0.264 e. The monoisotopic (exact) mass is 534 g/mol. The molecule has 3 aromatic carbocycles. The number of anilines is 2. The van der Waals surface area contributed by atoms with Crippen molar-refractivity contribution in [3.05, 3.63) is 82.9 Å². The number of rotatable bonds is 7. The van der Waals surface area contributed by atoms with Crippen molar-refractivity contribution in [3.63, 3.8) is 0 Å². The number of carbonyl (C=O) groups is 1. The minimum atomic E-state index is -3.72. The third kappa shape index (κ3) is 4.86. The molecule has 4 aromatic rings. The number of benzene rings is 3. The molecule has 0 fully saturated rings. The normalized spacial score (nSPS) is 13.4. The molecule has 0 saturated heterocycles. The molecule has 0 N–H and O–H groups in total. The molecular weight excluding hydrogens is 504 g/mol. The summed E-state index contributed by atoms with van der Waals surface area (Å²) in [6.45, 7) is 5.63. The van der Waals surface area contributed by atoms with Gasteiger partial charge in [-0.25, -0.2) is 13.4 Å². The van der Waals surface area contributed by atoms with Crippen LogP contribution in [0.5, 0.6) is 0 Å². The second-order valence-corrected chi connectivity index (χ2v) is 12.5. The van der Waals surface area contributed by atoms with Crippen LogP contribution in [0.3, 0.4) is 0 Å². The molecule has 1 aromatic heterocycles. The highest BCUT2D eigenvalue weighted by Crippen LogP contribution is 2.34. The first-order chi connectivity index (χ1) is 17.6. The molecule has 1 aliphatic heterocycles. The van der Waals surface area contributed by atoms with E-state index in [4.69, 9.17) is 4.98 Å². The van der Waals surface area contributed by atoms with Crippen molar-refractivity contribution in [3.8, 4) is 0 Å². The van der Waals surface area contributed by atoms with E-state index in [1.165, 1.54) is 27.8 Å². The zero-order valence-electron chi connectivity index (χ0n) is 21.4. The first-order valence-electron chi connectivity index (χ1n) is 12.2. The van der Waals surface area contributed by atoms with E-state index in [0.29, 0.717) is 36.8 Å². The molecule has 1 aliphatic rings. The summed E-state index contributed by atoms with van der Waals surface area (Å²) in [7, 11) is 0.203. The number of nitrogens with zero attached hydrogens (tertiary/aromatic N) is 4. The van der Waals surface area contributed by atoms with Gasteiger partial charge in [-0.15, -0.1) is 0 Å². The van der Waals surface area contributed by atoms with Crippen LogP contribution in [0.2, 0.25) is 0 Å². The maximum absolute atomic E-state index is 13.7. The number of likely N-dealkylation sites (N-methyl/N-ethyl adjacent to an activating group) is 1. The van der Waals surface area contributed by atoms with Crippen molar-refractivity contribution in [2.75, 3.05) is 42.9 Å². The Morgan fingerprint density at radius 2 is 1.76 bits per heavy atom. The van der Waals surface area contributed by atoms with Crippen LogP contribution in [0.1, 0.15) is 27.0 Å². The lowest BCUT2D eigenvalue weighted by molar-refractivity contribution is 0.0985. The van der Waals surface area contributed by atoms with E-state index in [9.17, 15) is 13.2 Å². The molecular formula is C28H30N4O3S2. The standard InChI is InChI=1S/C28H30N4O3S2/c1-19-17-20(2)26-25(18-19)36-28(29-26)31(16-15-30(3)4)27(33)22-9-11-23(12-10-22)37(34,35)32-14-13-21-7-5-6-8-24(21)32/h5-12,17-18H,13-16H2,1-4H3. The van der Waals surface area contributed by atoms with Crippen molar-refractivity contribution in [1.29, 1.82) is 0 Å². The Balaban J connectivity index is 1.45. The molecule has 0 radical (unpaired) electrons. The summed E-state index contributed by atoms with van der Waals surface area (Å²) in [5.74, 6) is -0.203. The van der Waals surface area contributed by atoms with E-state index in [2.05, 4.69) is 19.1 Å². The molecule has 2 heterocycles. The average molecular weight is 535 g/mol. The smallest absolute Gasteiger partial charge is 0.264 e. The fourth-order valence-corrected chi connectivity index (χ4v) is 7.34. The van der Waals surface area contributed by atoms with Gasteiger partial charge in [-0.3, -0.25) is 14.0 Å². The summed E-state index contributed by atoms with van der Waals surface area (Å²) in [5.41, 5.74) is 5.31. The van der Waals surface area contributed by atoms with Crippen molar-refractivity contribution in [2.45, 2.75) is 25.2 Å². The zero-order chi connectivity index (χ0) is 26.3. The van der Waals surface area contributed by atoms with E-state index >= 15 is 0 Å². The number of thiazole rings is 1. The van der Waals surface area contributed by atoms with Gasteiger partial charge < -0.3 is 4.90 Å². The lowest BCUT2D eigenvalue weighted by Crippen LogP contribution is -2.36. The SMILES string of the molecule is Cc1cc(C)c2nc(N(CCN(C)C)C(=O)c3ccc(S(=O)(=O)N4CCc5ccccc54)cc3)sc2c1. The van der Waals surface area contributed by atoms with Gasteiger partial charge in [0.25, 0.3) is 15.9 Å². The van der Waals surface area contributed by atoms with Crippen LogP contribution in [0.4, 0.5) is 10.8 Å². The molecule has 0 spiro atoms. The second kappa shape index (κ2) is 9.89. The lowest BCUT2D eigenvalue weighted by Gasteiger charge is -2.22. The minimum absolute atomic E-state index is 0.173. The fraction of sp³-hybridized carbons (Fsp3) is 0.286. The van der Waals surface area contributed by atoms with Crippen LogP contribution in [0, 0.1) is 13.8 Å². The number of aryl methyl sites for hydroxylation is 2. The third-order valence-corrected chi connectivity index (χ3v) is 9.45. The topological polar surface area (TPSA) is 73.8 Å². The van der Waals surface area contributed by atoms with Gasteiger partial charge in [0.1, 0.15) is 0 Å². The Morgan fingerprint density at radius 1 is 1.03 bits per heavy atom. The number of hydrogen-bond acceptors (Lipinski definition) is 6. The quantitative estimate of drug-likeness (QED) is 0.338. The van der Waals surface area contributed by atoms with Crippen LogP contribution >= 0.6 is 11.3 Å². The highest BCUT2D eigenvalue weighted by molar-refractivity contribution is 7.92. The Morgan fingerprint density at radius 3 is 2.49 bits per heavy atom. The van der Waals surface area contributed by atoms with Gasteiger partial charge in [0.2, 0.25) is 0 Å². The second-order valence-electron chi connectivity index (χ2n) is 9.67. The van der Waals surface area contributed by atoms with E-state index in [1.54, 1.807) is 17.0 Å². The van der Waals surface area contributed by atoms with E-state index < -0.39 is 10.0 Å². The van der Waals surface area contributed by atoms with Gasteiger partial charge in [0, 0.05) is 25.2 Å². The Bertz CT molecular complexity index is 1580. The van der Waals surface area contributed by atoms with Crippen LogP contribution in [0.15, 0.2) is 65.6 Å². The van der Waals surface area contributed by atoms with Crippen LogP contribution in [0.25, 0.3) is 10.2 Å². The van der Waals surface area contributed by atoms with Crippen molar-refractivity contribution >= 4 is 48.3 Å². The number of aromatic nitrogens is 1. The molecule has 0 atom stereocenters. The lowest BCUT2D eigenvalue weighted by atomic mass is 10.1. The van der Waals surface area contributed by atoms with Crippen LogP contribution in [-0.4, -0.2) is 57.9 Å². The summed E-state index contributed by atoms with van der Waals surface area (Å²) in [6.07, 6.45) is 0.688. The van der Waals surface area contributed by atoms with E-state index in [-0.39, 0.29) is 10.8 Å². The van der Waals surface area contributed by atoms with E-state index in [0.717, 1.165) is 32.6 Å². The minimum Gasteiger partial charge on any atom is -0.308 e. The van der Waals surface area contributed by atoms with Gasteiger partial charge in [-0.2, -0.15) is 0 Å². The number of amides is 1. The summed E-state index contributed by atoms with van der Waals surface area (Å²) in [6, 6.07) is 18.0. The highest BCUT2D eigenvalue weighted by atomic mass is 32.2. The predicted molar refractivity (Wildman–Crippen MR) is 150 cm³/mol. The predicted octanol–water partition coefficient (Wildman–Crippen LogP) is 4.87. The highest BCUT2D eigenvalue weighted by Gasteiger charge is 2.31. The molecule has 1 amide bonds. The van der Waals surface area contributed by atoms with E-state index in [1.807, 2.05) is 50.2 Å². The molecule has 5 rings (SSSR count). The van der Waals surface area contributed by atoms with Gasteiger partial charge in [0.15, 0.2) is 5.13 Å².